The van der Waals surface area contributed by atoms with Crippen molar-refractivity contribution in [1.29, 1.82) is 0 Å². The molecule has 1 aliphatic rings. The van der Waals surface area contributed by atoms with Gasteiger partial charge in [0.25, 0.3) is 0 Å². The molecule has 0 spiro atoms. The Kier molecular flexibility index (Phi) is 11.0. The minimum Gasteiger partial charge on any atom is -0.379 e. The van der Waals surface area contributed by atoms with Gasteiger partial charge < -0.3 is 9.47 Å². The molecule has 0 N–H and O–H groups in total. The predicted molar refractivity (Wildman–Crippen MR) is 86.1 cm³/mol. The Morgan fingerprint density at radius 3 is 1.50 bits per heavy atom. The highest BCUT2D eigenvalue weighted by Gasteiger charge is 2.19. The van der Waals surface area contributed by atoms with Crippen LogP contribution in [0.2, 0.25) is 0 Å². The van der Waals surface area contributed by atoms with Crippen molar-refractivity contribution >= 4 is 0 Å². The first-order chi connectivity index (χ1) is 9.88. The lowest BCUT2D eigenvalue weighted by atomic mass is 9.99. The number of hydrogen-bond donors (Lipinski definition) is 0. The van der Waals surface area contributed by atoms with E-state index in [1.165, 1.54) is 64.2 Å². The molecule has 20 heavy (non-hydrogen) atoms. The fraction of sp³-hybridized carbons (Fsp3) is 0.889. The van der Waals surface area contributed by atoms with E-state index in [9.17, 15) is 0 Å². The van der Waals surface area contributed by atoms with Gasteiger partial charge in [-0.1, -0.05) is 50.7 Å². The molecule has 0 heterocycles. The smallest absolute Gasteiger partial charge is 0.0832 e. The van der Waals surface area contributed by atoms with Crippen LogP contribution >= 0.6 is 0 Å². The molecule has 118 valence electrons. The summed E-state index contributed by atoms with van der Waals surface area (Å²) in [6, 6.07) is 0. The number of ether oxygens (including phenoxy) is 2. The van der Waals surface area contributed by atoms with Crippen molar-refractivity contribution in [2.45, 2.75) is 89.3 Å². The van der Waals surface area contributed by atoms with Gasteiger partial charge in [-0.05, 0) is 38.5 Å². The molecule has 2 heteroatoms. The lowest BCUT2D eigenvalue weighted by Crippen LogP contribution is -2.30. The summed E-state index contributed by atoms with van der Waals surface area (Å²) in [6.45, 7) is 0. The molecule has 0 aromatic carbocycles. The molecule has 0 amide bonds. The van der Waals surface area contributed by atoms with Gasteiger partial charge >= 0.3 is 0 Å². The van der Waals surface area contributed by atoms with Gasteiger partial charge in [0.15, 0.2) is 0 Å². The maximum absolute atomic E-state index is 5.66. The van der Waals surface area contributed by atoms with Crippen LogP contribution in [-0.4, -0.2) is 26.4 Å². The normalized spacial score (nSPS) is 28.3. The SMILES string of the molecule is COC1CCCCCC=CCCCCCCCC1OC. The van der Waals surface area contributed by atoms with Gasteiger partial charge in [-0.15, -0.1) is 0 Å². The van der Waals surface area contributed by atoms with Crippen molar-refractivity contribution in [1.82, 2.24) is 0 Å². The van der Waals surface area contributed by atoms with E-state index in [0.717, 1.165) is 12.8 Å². The predicted octanol–water partition coefficient (Wildman–Crippen LogP) is 5.27. The maximum Gasteiger partial charge on any atom is 0.0832 e. The first kappa shape index (κ1) is 17.7. The summed E-state index contributed by atoms with van der Waals surface area (Å²) in [6.07, 6.45) is 20.7. The van der Waals surface area contributed by atoms with Crippen molar-refractivity contribution in [2.75, 3.05) is 14.2 Å². The molecule has 1 aliphatic carbocycles. The van der Waals surface area contributed by atoms with Gasteiger partial charge in [0.1, 0.15) is 0 Å². The molecule has 0 saturated carbocycles. The van der Waals surface area contributed by atoms with Crippen molar-refractivity contribution in [2.24, 2.45) is 0 Å². The van der Waals surface area contributed by atoms with Crippen molar-refractivity contribution < 1.29 is 9.47 Å². The zero-order valence-electron chi connectivity index (χ0n) is 13.6. The Bertz CT molecular complexity index is 238. The number of allylic oxidation sites excluding steroid dienone is 2. The molecule has 0 radical (unpaired) electrons. The van der Waals surface area contributed by atoms with Gasteiger partial charge in [-0.3, -0.25) is 0 Å². The van der Waals surface area contributed by atoms with Gasteiger partial charge in [-0.2, -0.15) is 0 Å². The lowest BCUT2D eigenvalue weighted by Gasteiger charge is -2.25. The molecule has 0 saturated heterocycles. The molecule has 0 fully saturated rings. The molecule has 2 atom stereocenters. The molecule has 2 nitrogen and oxygen atoms in total. The van der Waals surface area contributed by atoms with Crippen LogP contribution in [0.1, 0.15) is 77.0 Å². The van der Waals surface area contributed by atoms with Crippen LogP contribution in [0.15, 0.2) is 12.2 Å². The second kappa shape index (κ2) is 12.4. The van der Waals surface area contributed by atoms with E-state index in [0.29, 0.717) is 0 Å². The van der Waals surface area contributed by atoms with E-state index in [1.807, 2.05) is 14.2 Å². The quantitative estimate of drug-likeness (QED) is 0.643. The van der Waals surface area contributed by atoms with Crippen molar-refractivity contribution in [3.63, 3.8) is 0 Å². The van der Waals surface area contributed by atoms with Gasteiger partial charge in [0.05, 0.1) is 12.2 Å². The van der Waals surface area contributed by atoms with Gasteiger partial charge in [0, 0.05) is 14.2 Å². The molecular formula is C18H34O2. The van der Waals surface area contributed by atoms with E-state index in [-0.39, 0.29) is 12.2 Å². The van der Waals surface area contributed by atoms with E-state index < -0.39 is 0 Å². The molecule has 0 aromatic heterocycles. The van der Waals surface area contributed by atoms with Crippen LogP contribution in [0.25, 0.3) is 0 Å². The molecular weight excluding hydrogens is 248 g/mol. The number of rotatable bonds is 2. The summed E-state index contributed by atoms with van der Waals surface area (Å²) >= 11 is 0. The number of methoxy groups -OCH3 is 2. The largest absolute Gasteiger partial charge is 0.379 e. The standard InChI is InChI=1S/C18H34O2/c1-19-17-15-13-11-9-7-5-3-4-6-8-10-12-14-16-18(17)20-2/h3,5,17-18H,4,6-16H2,1-2H3. The second-order valence-corrected chi connectivity index (χ2v) is 6.00. The average molecular weight is 282 g/mol. The second-order valence-electron chi connectivity index (χ2n) is 6.00. The van der Waals surface area contributed by atoms with Crippen molar-refractivity contribution in [3.8, 4) is 0 Å². The van der Waals surface area contributed by atoms with Crippen LogP contribution < -0.4 is 0 Å². The average Bonchev–Trinajstić information content (AvgIpc) is 2.47. The fourth-order valence-corrected chi connectivity index (χ4v) is 3.07. The Morgan fingerprint density at radius 1 is 0.600 bits per heavy atom. The monoisotopic (exact) mass is 282 g/mol. The van der Waals surface area contributed by atoms with Crippen LogP contribution in [0.4, 0.5) is 0 Å². The van der Waals surface area contributed by atoms with Crippen molar-refractivity contribution in [3.05, 3.63) is 12.2 Å². The first-order valence-electron chi connectivity index (χ1n) is 8.59. The zero-order chi connectivity index (χ0) is 14.5. The Hall–Kier alpha value is -0.340. The molecule has 1 rings (SSSR count). The molecule has 0 bridgehead atoms. The summed E-state index contributed by atoms with van der Waals surface area (Å²) in [7, 11) is 3.66. The fourth-order valence-electron chi connectivity index (χ4n) is 3.07. The van der Waals surface area contributed by atoms with E-state index >= 15 is 0 Å². The highest BCUT2D eigenvalue weighted by Crippen LogP contribution is 2.19. The van der Waals surface area contributed by atoms with Gasteiger partial charge in [0.2, 0.25) is 0 Å². The third-order valence-corrected chi connectivity index (χ3v) is 4.41. The highest BCUT2D eigenvalue weighted by atomic mass is 16.5. The van der Waals surface area contributed by atoms with Crippen LogP contribution in [0, 0.1) is 0 Å². The molecule has 0 aromatic rings. The van der Waals surface area contributed by atoms with Crippen LogP contribution in [-0.2, 0) is 9.47 Å². The maximum atomic E-state index is 5.66. The highest BCUT2D eigenvalue weighted by molar-refractivity contribution is 4.81. The molecule has 2 unspecified atom stereocenters. The van der Waals surface area contributed by atoms with E-state index in [4.69, 9.17) is 9.47 Å². The topological polar surface area (TPSA) is 18.5 Å². The minimum atomic E-state index is 0.281. The summed E-state index contributed by atoms with van der Waals surface area (Å²) in [5.41, 5.74) is 0. The summed E-state index contributed by atoms with van der Waals surface area (Å²) in [5, 5.41) is 0. The lowest BCUT2D eigenvalue weighted by molar-refractivity contribution is -0.0450. The third-order valence-electron chi connectivity index (χ3n) is 4.41. The van der Waals surface area contributed by atoms with Gasteiger partial charge in [-0.25, -0.2) is 0 Å². The number of hydrogen-bond acceptors (Lipinski definition) is 2. The summed E-state index contributed by atoms with van der Waals surface area (Å²) < 4.78 is 11.3. The zero-order valence-corrected chi connectivity index (χ0v) is 13.6. The molecule has 0 aliphatic heterocycles. The first-order valence-corrected chi connectivity index (χ1v) is 8.59. The van der Waals surface area contributed by atoms with Crippen LogP contribution in [0.3, 0.4) is 0 Å². The minimum absolute atomic E-state index is 0.281. The summed E-state index contributed by atoms with van der Waals surface area (Å²) in [5.74, 6) is 0. The Balaban J connectivity index is 2.39. The van der Waals surface area contributed by atoms with E-state index in [1.54, 1.807) is 0 Å². The third kappa shape index (κ3) is 8.06. The Morgan fingerprint density at radius 2 is 1.00 bits per heavy atom. The summed E-state index contributed by atoms with van der Waals surface area (Å²) in [4.78, 5) is 0. The Labute approximate surface area is 125 Å². The van der Waals surface area contributed by atoms with Crippen LogP contribution in [0.5, 0.6) is 0 Å². The van der Waals surface area contributed by atoms with E-state index in [2.05, 4.69) is 12.2 Å².